The SMILES string of the molecule is CCCCCCC(=O)OCCCCC.CCCCCCCC(=O)OCCCCCC. The summed E-state index contributed by atoms with van der Waals surface area (Å²) in [7, 11) is 0. The van der Waals surface area contributed by atoms with E-state index >= 15 is 0 Å². The molecule has 4 heteroatoms. The van der Waals surface area contributed by atoms with Gasteiger partial charge >= 0.3 is 11.9 Å². The Kier molecular flexibility index (Phi) is 29.0. The number of rotatable bonds is 20. The molecule has 0 amide bonds. The van der Waals surface area contributed by atoms with Crippen LogP contribution in [0.2, 0.25) is 0 Å². The number of hydrogen-bond donors (Lipinski definition) is 0. The summed E-state index contributed by atoms with van der Waals surface area (Å²) in [6, 6.07) is 0. The molecule has 0 N–H and O–H groups in total. The molecular formula is C26H52O4. The van der Waals surface area contributed by atoms with Crippen LogP contribution in [-0.4, -0.2) is 25.2 Å². The molecule has 0 aromatic carbocycles. The zero-order chi connectivity index (χ0) is 22.7. The Balaban J connectivity index is 0. The van der Waals surface area contributed by atoms with E-state index in [2.05, 4.69) is 27.7 Å². The van der Waals surface area contributed by atoms with Crippen molar-refractivity contribution in [1.29, 1.82) is 0 Å². The van der Waals surface area contributed by atoms with Crippen molar-refractivity contribution in [2.75, 3.05) is 13.2 Å². The number of carbonyl (C=O) groups is 2. The second kappa shape index (κ2) is 27.9. The van der Waals surface area contributed by atoms with Gasteiger partial charge in [-0.1, -0.05) is 105 Å². The highest BCUT2D eigenvalue weighted by Gasteiger charge is 2.02. The summed E-state index contributed by atoms with van der Waals surface area (Å²) in [5.74, 6) is -0.0230. The molecule has 0 aliphatic carbocycles. The van der Waals surface area contributed by atoms with Crippen LogP contribution >= 0.6 is 0 Å². The Morgan fingerprint density at radius 3 is 1.17 bits per heavy atom. The first-order valence-corrected chi connectivity index (χ1v) is 12.9. The topological polar surface area (TPSA) is 52.6 Å². The highest BCUT2D eigenvalue weighted by atomic mass is 16.5. The number of ether oxygens (including phenoxy) is 2. The molecule has 0 saturated carbocycles. The molecule has 0 aliphatic heterocycles. The van der Waals surface area contributed by atoms with E-state index in [-0.39, 0.29) is 11.9 Å². The van der Waals surface area contributed by atoms with E-state index in [4.69, 9.17) is 9.47 Å². The Morgan fingerprint density at radius 1 is 0.433 bits per heavy atom. The smallest absolute Gasteiger partial charge is 0.305 e. The van der Waals surface area contributed by atoms with Crippen molar-refractivity contribution in [2.45, 2.75) is 143 Å². The van der Waals surface area contributed by atoms with Crippen LogP contribution in [0.4, 0.5) is 0 Å². The monoisotopic (exact) mass is 428 g/mol. The third-order valence-electron chi connectivity index (χ3n) is 4.99. The molecule has 0 unspecified atom stereocenters. The predicted molar refractivity (Wildman–Crippen MR) is 128 cm³/mol. The quantitative estimate of drug-likeness (QED) is 0.145. The van der Waals surface area contributed by atoms with Gasteiger partial charge in [0.2, 0.25) is 0 Å². The summed E-state index contributed by atoms with van der Waals surface area (Å²) in [4.78, 5) is 22.4. The Hall–Kier alpha value is -1.06. The molecular weight excluding hydrogens is 376 g/mol. The van der Waals surface area contributed by atoms with Crippen LogP contribution in [0, 0.1) is 0 Å². The fraction of sp³-hybridized carbons (Fsp3) is 0.923. The van der Waals surface area contributed by atoms with E-state index < -0.39 is 0 Å². The Morgan fingerprint density at radius 2 is 0.733 bits per heavy atom. The van der Waals surface area contributed by atoms with E-state index in [9.17, 15) is 9.59 Å². The van der Waals surface area contributed by atoms with Crippen LogP contribution in [0.15, 0.2) is 0 Å². The lowest BCUT2D eigenvalue weighted by atomic mass is 10.1. The maximum atomic E-state index is 11.3. The summed E-state index contributed by atoms with van der Waals surface area (Å²) < 4.78 is 10.2. The molecule has 0 saturated heterocycles. The maximum Gasteiger partial charge on any atom is 0.305 e. The highest BCUT2D eigenvalue weighted by molar-refractivity contribution is 5.69. The lowest BCUT2D eigenvalue weighted by Crippen LogP contribution is -2.05. The Bertz CT molecular complexity index is 325. The lowest BCUT2D eigenvalue weighted by Gasteiger charge is -2.04. The van der Waals surface area contributed by atoms with Gasteiger partial charge in [0.25, 0.3) is 0 Å². The van der Waals surface area contributed by atoms with Crippen molar-refractivity contribution >= 4 is 11.9 Å². The van der Waals surface area contributed by atoms with E-state index in [1.54, 1.807) is 0 Å². The second-order valence-corrected chi connectivity index (χ2v) is 8.18. The van der Waals surface area contributed by atoms with Gasteiger partial charge in [-0.15, -0.1) is 0 Å². The molecule has 0 radical (unpaired) electrons. The molecule has 0 fully saturated rings. The van der Waals surface area contributed by atoms with Gasteiger partial charge in [0.1, 0.15) is 0 Å². The van der Waals surface area contributed by atoms with Crippen molar-refractivity contribution in [3.63, 3.8) is 0 Å². The molecule has 0 spiro atoms. The molecule has 0 atom stereocenters. The van der Waals surface area contributed by atoms with Gasteiger partial charge in [-0.3, -0.25) is 9.59 Å². The number of unbranched alkanes of at least 4 members (excludes halogenated alkanes) is 12. The van der Waals surface area contributed by atoms with Crippen molar-refractivity contribution in [1.82, 2.24) is 0 Å². The average molecular weight is 429 g/mol. The minimum absolute atomic E-state index is 0.00648. The van der Waals surface area contributed by atoms with Gasteiger partial charge in [-0.05, 0) is 25.7 Å². The fourth-order valence-electron chi connectivity index (χ4n) is 2.97. The minimum atomic E-state index is -0.0165. The molecule has 180 valence electrons. The van der Waals surface area contributed by atoms with E-state index in [1.165, 1.54) is 64.2 Å². The number of esters is 2. The zero-order valence-electron chi connectivity index (χ0n) is 20.8. The molecule has 0 rings (SSSR count). The standard InChI is InChI=1S/C14H28O2.C12H24O2/c1-3-5-7-9-10-12-14(15)16-13-11-8-6-4-2;1-3-5-7-8-10-12(13)14-11-9-6-4-2/h3-13H2,1-2H3;3-11H2,1-2H3. The Labute approximate surface area is 187 Å². The molecule has 0 aromatic heterocycles. The summed E-state index contributed by atoms with van der Waals surface area (Å²) in [6.07, 6.45) is 19.8. The van der Waals surface area contributed by atoms with Crippen LogP contribution in [0.5, 0.6) is 0 Å². The highest BCUT2D eigenvalue weighted by Crippen LogP contribution is 2.07. The largest absolute Gasteiger partial charge is 0.466 e. The zero-order valence-corrected chi connectivity index (χ0v) is 20.8. The van der Waals surface area contributed by atoms with Crippen molar-refractivity contribution in [2.24, 2.45) is 0 Å². The van der Waals surface area contributed by atoms with Crippen LogP contribution in [0.25, 0.3) is 0 Å². The van der Waals surface area contributed by atoms with Gasteiger partial charge in [-0.25, -0.2) is 0 Å². The minimum Gasteiger partial charge on any atom is -0.466 e. The first kappa shape index (κ1) is 31.1. The molecule has 4 nitrogen and oxygen atoms in total. The number of carbonyl (C=O) groups excluding carboxylic acids is 2. The fourth-order valence-corrected chi connectivity index (χ4v) is 2.97. The molecule has 0 aromatic rings. The van der Waals surface area contributed by atoms with Gasteiger partial charge in [0.15, 0.2) is 0 Å². The second-order valence-electron chi connectivity index (χ2n) is 8.18. The summed E-state index contributed by atoms with van der Waals surface area (Å²) >= 11 is 0. The van der Waals surface area contributed by atoms with Crippen molar-refractivity contribution in [3.8, 4) is 0 Å². The lowest BCUT2D eigenvalue weighted by molar-refractivity contribution is -0.144. The maximum absolute atomic E-state index is 11.3. The molecule has 0 aliphatic rings. The van der Waals surface area contributed by atoms with Gasteiger partial charge in [0.05, 0.1) is 13.2 Å². The van der Waals surface area contributed by atoms with Gasteiger partial charge < -0.3 is 9.47 Å². The van der Waals surface area contributed by atoms with Gasteiger partial charge in [0, 0.05) is 12.8 Å². The van der Waals surface area contributed by atoms with Crippen LogP contribution < -0.4 is 0 Å². The van der Waals surface area contributed by atoms with Gasteiger partial charge in [-0.2, -0.15) is 0 Å². The summed E-state index contributed by atoms with van der Waals surface area (Å²) in [6.45, 7) is 9.93. The first-order chi connectivity index (χ1) is 14.6. The van der Waals surface area contributed by atoms with E-state index in [0.29, 0.717) is 26.1 Å². The number of hydrogen-bond acceptors (Lipinski definition) is 4. The predicted octanol–water partition coefficient (Wildman–Crippen LogP) is 8.16. The van der Waals surface area contributed by atoms with E-state index in [1.807, 2.05) is 0 Å². The average Bonchev–Trinajstić information content (AvgIpc) is 2.74. The molecule has 0 heterocycles. The van der Waals surface area contributed by atoms with Crippen LogP contribution in [0.3, 0.4) is 0 Å². The van der Waals surface area contributed by atoms with Crippen LogP contribution in [-0.2, 0) is 19.1 Å². The third-order valence-corrected chi connectivity index (χ3v) is 4.99. The summed E-state index contributed by atoms with van der Waals surface area (Å²) in [5, 5.41) is 0. The van der Waals surface area contributed by atoms with Crippen LogP contribution in [0.1, 0.15) is 143 Å². The van der Waals surface area contributed by atoms with Crippen molar-refractivity contribution in [3.05, 3.63) is 0 Å². The third kappa shape index (κ3) is 29.1. The van der Waals surface area contributed by atoms with Crippen molar-refractivity contribution < 1.29 is 19.1 Å². The normalized spacial score (nSPS) is 10.3. The first-order valence-electron chi connectivity index (χ1n) is 12.9. The van der Waals surface area contributed by atoms with E-state index in [0.717, 1.165) is 38.5 Å². The molecule has 30 heavy (non-hydrogen) atoms. The summed E-state index contributed by atoms with van der Waals surface area (Å²) in [5.41, 5.74) is 0. The molecule has 0 bridgehead atoms.